The average Bonchev–Trinajstić information content (AvgIpc) is 2.91. The topological polar surface area (TPSA) is 12.0 Å². The smallest absolute Gasteiger partial charge is 0.0640 e. The van der Waals surface area contributed by atoms with Crippen molar-refractivity contribution in [1.82, 2.24) is 0 Å². The van der Waals surface area contributed by atoms with E-state index in [0.29, 0.717) is 11.5 Å². The molecular formula is C13H18ClN. The molecule has 1 nitrogen and oxygen atoms in total. The lowest BCUT2D eigenvalue weighted by atomic mass is 10.00. The summed E-state index contributed by atoms with van der Waals surface area (Å²) in [6.45, 7) is 6.67. The fourth-order valence-electron chi connectivity index (χ4n) is 1.84. The predicted octanol–water partition coefficient (Wildman–Crippen LogP) is 4.25. The molecule has 0 saturated heterocycles. The number of nitrogens with one attached hydrogen (secondary N) is 1. The Balaban J connectivity index is 2.16. The van der Waals surface area contributed by atoms with Crippen molar-refractivity contribution in [1.29, 1.82) is 0 Å². The first-order chi connectivity index (χ1) is 7.03. The number of benzene rings is 1. The summed E-state index contributed by atoms with van der Waals surface area (Å²) in [6.07, 6.45) is 2.65. The Morgan fingerprint density at radius 3 is 2.60 bits per heavy atom. The van der Waals surface area contributed by atoms with Gasteiger partial charge in [0.05, 0.1) is 10.7 Å². The molecule has 0 spiro atoms. The molecule has 2 rings (SSSR count). The molecule has 1 atom stereocenters. The van der Waals surface area contributed by atoms with Crippen LogP contribution in [0.3, 0.4) is 0 Å². The number of hydrogen-bond donors (Lipinski definition) is 1. The molecule has 1 aromatic carbocycles. The summed E-state index contributed by atoms with van der Waals surface area (Å²) in [5.41, 5.74) is 2.80. The van der Waals surface area contributed by atoms with Crippen molar-refractivity contribution < 1.29 is 0 Å². The van der Waals surface area contributed by atoms with Crippen LogP contribution in [0.4, 0.5) is 5.69 Å². The Labute approximate surface area is 96.8 Å². The molecule has 0 aromatic heterocycles. The van der Waals surface area contributed by atoms with Crippen LogP contribution in [0.25, 0.3) is 0 Å². The van der Waals surface area contributed by atoms with E-state index in [1.807, 2.05) is 12.1 Å². The molecule has 0 bridgehead atoms. The van der Waals surface area contributed by atoms with Crippen molar-refractivity contribution in [2.45, 2.75) is 39.7 Å². The van der Waals surface area contributed by atoms with E-state index in [2.05, 4.69) is 32.2 Å². The number of anilines is 1. The third kappa shape index (κ3) is 2.12. The maximum Gasteiger partial charge on any atom is 0.0640 e. The second-order valence-corrected chi connectivity index (χ2v) is 5.36. The minimum absolute atomic E-state index is 0.478. The van der Waals surface area contributed by atoms with Crippen LogP contribution in [-0.4, -0.2) is 6.04 Å². The van der Waals surface area contributed by atoms with Gasteiger partial charge < -0.3 is 5.32 Å². The molecule has 0 heterocycles. The predicted molar refractivity (Wildman–Crippen MR) is 66.6 cm³/mol. The van der Waals surface area contributed by atoms with Crippen LogP contribution in [0, 0.1) is 12.3 Å². The van der Waals surface area contributed by atoms with Crippen molar-refractivity contribution in [2.75, 3.05) is 5.32 Å². The van der Waals surface area contributed by atoms with Gasteiger partial charge in [0.1, 0.15) is 0 Å². The van der Waals surface area contributed by atoms with E-state index >= 15 is 0 Å². The Bertz CT molecular complexity index is 349. The van der Waals surface area contributed by atoms with Crippen LogP contribution in [0.2, 0.25) is 5.02 Å². The Morgan fingerprint density at radius 2 is 2.07 bits per heavy atom. The molecule has 0 aliphatic heterocycles. The molecule has 1 aliphatic carbocycles. The maximum absolute atomic E-state index is 6.18. The van der Waals surface area contributed by atoms with Gasteiger partial charge in [0.25, 0.3) is 0 Å². The first-order valence-corrected chi connectivity index (χ1v) is 5.92. The molecule has 1 fully saturated rings. The molecule has 2 heteroatoms. The van der Waals surface area contributed by atoms with E-state index in [1.165, 1.54) is 18.4 Å². The fraction of sp³-hybridized carbons (Fsp3) is 0.538. The van der Waals surface area contributed by atoms with Crippen molar-refractivity contribution in [3.63, 3.8) is 0 Å². The second-order valence-electron chi connectivity index (χ2n) is 4.95. The highest BCUT2D eigenvalue weighted by Crippen LogP contribution is 2.49. The standard InChI is InChI=1S/C13H18ClN/c1-9-5-4-6-11(14)12(9)15-10(2)13(3)7-8-13/h4-6,10,15H,7-8H2,1-3H3. The van der Waals surface area contributed by atoms with Crippen molar-refractivity contribution >= 4 is 17.3 Å². The fourth-order valence-corrected chi connectivity index (χ4v) is 2.11. The Kier molecular flexibility index (Phi) is 2.68. The van der Waals surface area contributed by atoms with E-state index < -0.39 is 0 Å². The molecule has 1 aromatic rings. The first-order valence-electron chi connectivity index (χ1n) is 5.54. The van der Waals surface area contributed by atoms with E-state index in [-0.39, 0.29) is 0 Å². The van der Waals surface area contributed by atoms with Crippen molar-refractivity contribution in [3.8, 4) is 0 Å². The van der Waals surface area contributed by atoms with Crippen LogP contribution in [-0.2, 0) is 0 Å². The van der Waals surface area contributed by atoms with Gasteiger partial charge in [-0.1, -0.05) is 30.7 Å². The molecule has 0 amide bonds. The van der Waals surface area contributed by atoms with Crippen molar-refractivity contribution in [3.05, 3.63) is 28.8 Å². The molecule has 1 unspecified atom stereocenters. The number of aryl methyl sites for hydroxylation is 1. The van der Waals surface area contributed by atoms with E-state index in [1.54, 1.807) is 0 Å². The van der Waals surface area contributed by atoms with Gasteiger partial charge in [0.2, 0.25) is 0 Å². The monoisotopic (exact) mass is 223 g/mol. The number of halogens is 1. The zero-order valence-corrected chi connectivity index (χ0v) is 10.4. The maximum atomic E-state index is 6.18. The first kappa shape index (κ1) is 10.8. The van der Waals surface area contributed by atoms with E-state index in [9.17, 15) is 0 Å². The molecule has 15 heavy (non-hydrogen) atoms. The highest BCUT2D eigenvalue weighted by molar-refractivity contribution is 6.33. The van der Waals surface area contributed by atoms with Gasteiger partial charge in [-0.15, -0.1) is 0 Å². The molecule has 82 valence electrons. The molecule has 1 aliphatic rings. The number of para-hydroxylation sites is 1. The van der Waals surface area contributed by atoms with E-state index in [4.69, 9.17) is 11.6 Å². The van der Waals surface area contributed by atoms with Crippen molar-refractivity contribution in [2.24, 2.45) is 5.41 Å². The Hall–Kier alpha value is -0.690. The third-order valence-corrected chi connectivity index (χ3v) is 3.98. The summed E-state index contributed by atoms with van der Waals surface area (Å²) in [5.74, 6) is 0. The lowest BCUT2D eigenvalue weighted by Crippen LogP contribution is -2.25. The van der Waals surface area contributed by atoms with Gasteiger partial charge in [-0.05, 0) is 43.7 Å². The van der Waals surface area contributed by atoms with Crippen LogP contribution in [0.5, 0.6) is 0 Å². The van der Waals surface area contributed by atoms with E-state index in [0.717, 1.165) is 10.7 Å². The van der Waals surface area contributed by atoms with Gasteiger partial charge >= 0.3 is 0 Å². The molecule has 1 N–H and O–H groups in total. The SMILES string of the molecule is Cc1cccc(Cl)c1NC(C)C1(C)CC1. The second kappa shape index (κ2) is 3.71. The molecule has 1 saturated carbocycles. The number of rotatable bonds is 3. The van der Waals surface area contributed by atoms with Crippen LogP contribution >= 0.6 is 11.6 Å². The van der Waals surface area contributed by atoms with Crippen LogP contribution < -0.4 is 5.32 Å². The lowest BCUT2D eigenvalue weighted by molar-refractivity contribution is 0.493. The lowest BCUT2D eigenvalue weighted by Gasteiger charge is -2.23. The van der Waals surface area contributed by atoms with Gasteiger partial charge in [-0.2, -0.15) is 0 Å². The summed E-state index contributed by atoms with van der Waals surface area (Å²) in [4.78, 5) is 0. The highest BCUT2D eigenvalue weighted by atomic mass is 35.5. The summed E-state index contributed by atoms with van der Waals surface area (Å²) >= 11 is 6.18. The van der Waals surface area contributed by atoms with Crippen LogP contribution in [0.1, 0.15) is 32.3 Å². The normalized spacial score (nSPS) is 19.7. The minimum Gasteiger partial charge on any atom is -0.381 e. The zero-order valence-electron chi connectivity index (χ0n) is 9.60. The summed E-state index contributed by atoms with van der Waals surface area (Å²) in [7, 11) is 0. The Morgan fingerprint density at radius 1 is 1.40 bits per heavy atom. The average molecular weight is 224 g/mol. The zero-order chi connectivity index (χ0) is 11.1. The van der Waals surface area contributed by atoms with Gasteiger partial charge in [0, 0.05) is 6.04 Å². The highest BCUT2D eigenvalue weighted by Gasteiger charge is 2.42. The molecular weight excluding hydrogens is 206 g/mol. The van der Waals surface area contributed by atoms with Gasteiger partial charge in [0.15, 0.2) is 0 Å². The van der Waals surface area contributed by atoms with Crippen LogP contribution in [0.15, 0.2) is 18.2 Å². The quantitative estimate of drug-likeness (QED) is 0.808. The summed E-state index contributed by atoms with van der Waals surface area (Å²) in [6, 6.07) is 6.53. The molecule has 0 radical (unpaired) electrons. The summed E-state index contributed by atoms with van der Waals surface area (Å²) in [5, 5.41) is 4.37. The summed E-state index contributed by atoms with van der Waals surface area (Å²) < 4.78 is 0. The van der Waals surface area contributed by atoms with Gasteiger partial charge in [-0.25, -0.2) is 0 Å². The minimum atomic E-state index is 0.478. The number of hydrogen-bond acceptors (Lipinski definition) is 1. The van der Waals surface area contributed by atoms with Gasteiger partial charge in [-0.3, -0.25) is 0 Å². The third-order valence-electron chi connectivity index (χ3n) is 3.67. The largest absolute Gasteiger partial charge is 0.381 e.